The summed E-state index contributed by atoms with van der Waals surface area (Å²) in [5.41, 5.74) is 1.01. The summed E-state index contributed by atoms with van der Waals surface area (Å²) in [5.74, 6) is -0.799. The molecule has 0 fully saturated rings. The molecular weight excluding hydrogens is 324 g/mol. The molecule has 0 bridgehead atoms. The summed E-state index contributed by atoms with van der Waals surface area (Å²) in [4.78, 5) is 24.5. The van der Waals surface area contributed by atoms with Crippen molar-refractivity contribution in [3.8, 4) is 6.07 Å². The Labute approximate surface area is 146 Å². The number of fused-ring (bicyclic) bond motifs is 1. The van der Waals surface area contributed by atoms with Gasteiger partial charge in [-0.1, -0.05) is 20.8 Å². The van der Waals surface area contributed by atoms with E-state index in [0.29, 0.717) is 22.9 Å². The number of amides is 1. The van der Waals surface area contributed by atoms with E-state index in [9.17, 15) is 20.0 Å². The Morgan fingerprint density at radius 1 is 1.46 bits per heavy atom. The minimum atomic E-state index is -1.15. The molecule has 0 spiro atoms. The zero-order valence-electron chi connectivity index (χ0n) is 14.4. The van der Waals surface area contributed by atoms with E-state index < -0.39 is 11.4 Å². The van der Waals surface area contributed by atoms with E-state index in [4.69, 9.17) is 0 Å². The van der Waals surface area contributed by atoms with E-state index in [2.05, 4.69) is 18.3 Å². The van der Waals surface area contributed by atoms with Crippen LogP contribution < -0.4 is 10.4 Å². The SMILES string of the molecule is CC[C@@](C)(CC(=O)[O-])CC(=O)Nc1sc2c(c1C#N)CC[C@H](C)C2. The van der Waals surface area contributed by atoms with Crippen molar-refractivity contribution in [2.45, 2.75) is 59.3 Å². The number of hydrogen-bond acceptors (Lipinski definition) is 5. The summed E-state index contributed by atoms with van der Waals surface area (Å²) < 4.78 is 0. The van der Waals surface area contributed by atoms with E-state index >= 15 is 0 Å². The highest BCUT2D eigenvalue weighted by Gasteiger charge is 2.28. The highest BCUT2D eigenvalue weighted by molar-refractivity contribution is 7.16. The Bertz CT molecular complexity index is 689. The van der Waals surface area contributed by atoms with Crippen LogP contribution in [0, 0.1) is 22.7 Å². The van der Waals surface area contributed by atoms with Crippen molar-refractivity contribution in [2.75, 3.05) is 5.32 Å². The molecule has 1 aliphatic carbocycles. The molecule has 1 aromatic rings. The van der Waals surface area contributed by atoms with Crippen LogP contribution in [-0.4, -0.2) is 11.9 Å². The molecule has 1 N–H and O–H groups in total. The molecule has 0 saturated carbocycles. The Balaban J connectivity index is 2.15. The van der Waals surface area contributed by atoms with Crippen LogP contribution in [-0.2, 0) is 22.4 Å². The highest BCUT2D eigenvalue weighted by Crippen LogP contribution is 2.39. The lowest BCUT2D eigenvalue weighted by Gasteiger charge is -2.27. The predicted molar refractivity (Wildman–Crippen MR) is 91.5 cm³/mol. The second-order valence-corrected chi connectivity index (χ2v) is 8.21. The van der Waals surface area contributed by atoms with Crippen LogP contribution in [0.3, 0.4) is 0 Å². The Morgan fingerprint density at radius 2 is 2.17 bits per heavy atom. The van der Waals surface area contributed by atoms with Gasteiger partial charge < -0.3 is 15.2 Å². The van der Waals surface area contributed by atoms with Gasteiger partial charge in [-0.05, 0) is 49.0 Å². The van der Waals surface area contributed by atoms with Crippen LogP contribution >= 0.6 is 11.3 Å². The third kappa shape index (κ3) is 4.15. The maximum Gasteiger partial charge on any atom is 0.225 e. The summed E-state index contributed by atoms with van der Waals surface area (Å²) in [7, 11) is 0. The fourth-order valence-corrected chi connectivity index (χ4v) is 4.55. The number of carboxylic acids is 1. The number of carbonyl (C=O) groups is 2. The standard InChI is InChI=1S/C18H24N2O3S/c1-4-18(3,9-16(22)23)8-15(21)20-17-13(10-19)12-6-5-11(2)7-14(12)24-17/h11H,4-9H2,1-3H3,(H,20,21)(H,22,23)/p-1/t11-,18+/m0/s1. The summed E-state index contributed by atoms with van der Waals surface area (Å²) in [6.45, 7) is 5.83. The van der Waals surface area contributed by atoms with Crippen molar-refractivity contribution < 1.29 is 14.7 Å². The van der Waals surface area contributed by atoms with Crippen molar-refractivity contribution in [3.05, 3.63) is 16.0 Å². The number of hydrogen-bond donors (Lipinski definition) is 1. The monoisotopic (exact) mass is 347 g/mol. The van der Waals surface area contributed by atoms with E-state index in [1.54, 1.807) is 6.92 Å². The molecular formula is C18H23N2O3S-. The maximum absolute atomic E-state index is 12.4. The molecule has 0 aromatic carbocycles. The van der Waals surface area contributed by atoms with Gasteiger partial charge in [-0.3, -0.25) is 4.79 Å². The third-order valence-corrected chi connectivity index (χ3v) is 6.06. The molecule has 0 aliphatic heterocycles. The number of nitrogens with one attached hydrogen (secondary N) is 1. The molecule has 5 nitrogen and oxygen atoms in total. The average Bonchev–Trinajstić information content (AvgIpc) is 2.81. The Kier molecular flexibility index (Phi) is 5.66. The summed E-state index contributed by atoms with van der Waals surface area (Å²) in [6.07, 6.45) is 3.40. The largest absolute Gasteiger partial charge is 0.550 e. The van der Waals surface area contributed by atoms with Gasteiger partial charge in [-0.15, -0.1) is 11.3 Å². The molecule has 1 aliphatic rings. The molecule has 1 amide bonds. The van der Waals surface area contributed by atoms with Crippen molar-refractivity contribution in [2.24, 2.45) is 11.3 Å². The van der Waals surface area contributed by atoms with Gasteiger partial charge in [0.15, 0.2) is 0 Å². The van der Waals surface area contributed by atoms with Gasteiger partial charge in [-0.2, -0.15) is 5.26 Å². The van der Waals surface area contributed by atoms with Gasteiger partial charge in [0, 0.05) is 17.3 Å². The first kappa shape index (κ1) is 18.5. The number of thiophene rings is 1. The van der Waals surface area contributed by atoms with Crippen molar-refractivity contribution in [1.82, 2.24) is 0 Å². The first-order valence-corrected chi connectivity index (χ1v) is 9.14. The number of carboxylic acid groups (broad SMARTS) is 1. The number of rotatable bonds is 6. The zero-order valence-corrected chi connectivity index (χ0v) is 15.2. The van der Waals surface area contributed by atoms with E-state index in [-0.39, 0.29) is 18.7 Å². The van der Waals surface area contributed by atoms with Gasteiger partial charge in [0.25, 0.3) is 0 Å². The molecule has 1 aromatic heterocycles. The molecule has 0 unspecified atom stereocenters. The summed E-state index contributed by atoms with van der Waals surface area (Å²) in [5, 5.41) is 23.8. The lowest BCUT2D eigenvalue weighted by atomic mass is 9.80. The fourth-order valence-electron chi connectivity index (χ4n) is 3.18. The lowest BCUT2D eigenvalue weighted by molar-refractivity contribution is -0.308. The van der Waals surface area contributed by atoms with Crippen LogP contribution in [0.4, 0.5) is 5.00 Å². The zero-order chi connectivity index (χ0) is 17.9. The molecule has 24 heavy (non-hydrogen) atoms. The topological polar surface area (TPSA) is 93.0 Å². The van der Waals surface area contributed by atoms with Gasteiger partial charge in [0.05, 0.1) is 5.56 Å². The fraction of sp³-hybridized carbons (Fsp3) is 0.611. The van der Waals surface area contributed by atoms with E-state index in [0.717, 1.165) is 24.8 Å². The van der Waals surface area contributed by atoms with Crippen molar-refractivity contribution in [1.29, 1.82) is 5.26 Å². The smallest absolute Gasteiger partial charge is 0.225 e. The van der Waals surface area contributed by atoms with Crippen LogP contribution in [0.15, 0.2) is 0 Å². The van der Waals surface area contributed by atoms with Gasteiger partial charge in [0.2, 0.25) is 5.91 Å². The minimum Gasteiger partial charge on any atom is -0.550 e. The number of nitriles is 1. The first-order valence-electron chi connectivity index (χ1n) is 8.32. The van der Waals surface area contributed by atoms with Gasteiger partial charge in [-0.25, -0.2) is 0 Å². The van der Waals surface area contributed by atoms with Crippen LogP contribution in [0.2, 0.25) is 0 Å². The normalized spacial score (nSPS) is 19.0. The van der Waals surface area contributed by atoms with Gasteiger partial charge in [0.1, 0.15) is 11.1 Å². The van der Waals surface area contributed by atoms with Crippen LogP contribution in [0.1, 0.15) is 62.5 Å². The first-order chi connectivity index (χ1) is 11.3. The number of carbonyl (C=O) groups excluding carboxylic acids is 2. The molecule has 2 rings (SSSR count). The van der Waals surface area contributed by atoms with Crippen molar-refractivity contribution >= 4 is 28.2 Å². The second-order valence-electron chi connectivity index (χ2n) is 7.11. The van der Waals surface area contributed by atoms with E-state index in [1.807, 2.05) is 6.92 Å². The predicted octanol–water partition coefficient (Wildman–Crippen LogP) is 2.63. The van der Waals surface area contributed by atoms with Gasteiger partial charge >= 0.3 is 0 Å². The molecule has 0 saturated heterocycles. The summed E-state index contributed by atoms with van der Waals surface area (Å²) >= 11 is 1.48. The molecule has 130 valence electrons. The molecule has 0 radical (unpaired) electrons. The quantitative estimate of drug-likeness (QED) is 0.856. The Morgan fingerprint density at radius 3 is 2.75 bits per heavy atom. The van der Waals surface area contributed by atoms with Crippen LogP contribution in [0.5, 0.6) is 0 Å². The highest BCUT2D eigenvalue weighted by atomic mass is 32.1. The third-order valence-electron chi connectivity index (χ3n) is 4.89. The average molecular weight is 347 g/mol. The number of aliphatic carboxylic acids is 1. The molecule has 6 heteroatoms. The van der Waals surface area contributed by atoms with Crippen LogP contribution in [0.25, 0.3) is 0 Å². The minimum absolute atomic E-state index is 0.0985. The Hall–Kier alpha value is -1.87. The maximum atomic E-state index is 12.4. The van der Waals surface area contributed by atoms with Crippen molar-refractivity contribution in [3.63, 3.8) is 0 Å². The number of nitrogens with zero attached hydrogens (tertiary/aromatic N) is 1. The van der Waals surface area contributed by atoms with E-state index in [1.165, 1.54) is 16.2 Å². The second kappa shape index (κ2) is 7.35. The number of anilines is 1. The lowest BCUT2D eigenvalue weighted by Crippen LogP contribution is -2.33. The molecule has 1 heterocycles. The molecule has 2 atom stereocenters. The summed E-state index contributed by atoms with van der Waals surface area (Å²) in [6, 6.07) is 2.22.